The Hall–Kier alpha value is -1.35. The summed E-state index contributed by atoms with van der Waals surface area (Å²) in [7, 11) is 0. The third kappa shape index (κ3) is 2.67. The summed E-state index contributed by atoms with van der Waals surface area (Å²) < 4.78 is 0. The van der Waals surface area contributed by atoms with E-state index >= 15 is 0 Å². The van der Waals surface area contributed by atoms with Crippen LogP contribution in [-0.2, 0) is 4.79 Å². The maximum atomic E-state index is 12.3. The molecule has 3 nitrogen and oxygen atoms in total. The molecule has 2 atom stereocenters. The third-order valence-corrected chi connectivity index (χ3v) is 3.38. The second-order valence-corrected chi connectivity index (χ2v) is 4.60. The number of likely N-dealkylation sites (tertiary alicyclic amines) is 1. The number of aliphatic hydroxyl groups is 1. The number of nitrogens with zero attached hydrogens (tertiary/aromatic N) is 1. The molecule has 1 heterocycles. The van der Waals surface area contributed by atoms with Crippen LogP contribution in [-0.4, -0.2) is 35.1 Å². The lowest BCUT2D eigenvalue weighted by Crippen LogP contribution is -2.33. The van der Waals surface area contributed by atoms with Crippen molar-refractivity contribution >= 4 is 5.91 Å². The molecule has 1 saturated heterocycles. The van der Waals surface area contributed by atoms with Crippen molar-refractivity contribution in [1.29, 1.82) is 0 Å². The van der Waals surface area contributed by atoms with Crippen molar-refractivity contribution in [3.8, 4) is 0 Å². The molecule has 0 saturated carbocycles. The summed E-state index contributed by atoms with van der Waals surface area (Å²) in [6, 6.07) is 9.88. The Morgan fingerprint density at radius 2 is 2.18 bits per heavy atom. The van der Waals surface area contributed by atoms with Crippen molar-refractivity contribution in [2.75, 3.05) is 13.1 Å². The number of benzene rings is 1. The van der Waals surface area contributed by atoms with Gasteiger partial charge in [0.25, 0.3) is 0 Å². The van der Waals surface area contributed by atoms with Gasteiger partial charge in [-0.15, -0.1) is 0 Å². The van der Waals surface area contributed by atoms with Gasteiger partial charge in [0.2, 0.25) is 5.91 Å². The highest BCUT2D eigenvalue weighted by molar-refractivity contribution is 5.84. The normalized spacial score (nSPS) is 21.5. The average Bonchev–Trinajstić information content (AvgIpc) is 2.78. The first-order valence-corrected chi connectivity index (χ1v) is 6.24. The topological polar surface area (TPSA) is 40.5 Å². The second kappa shape index (κ2) is 5.32. The maximum Gasteiger partial charge on any atom is 0.230 e. The largest absolute Gasteiger partial charge is 0.391 e. The molecule has 92 valence electrons. The van der Waals surface area contributed by atoms with E-state index in [9.17, 15) is 9.90 Å². The Balaban J connectivity index is 2.11. The van der Waals surface area contributed by atoms with Gasteiger partial charge in [-0.05, 0) is 18.4 Å². The quantitative estimate of drug-likeness (QED) is 0.864. The number of amides is 1. The van der Waals surface area contributed by atoms with E-state index < -0.39 is 0 Å². The summed E-state index contributed by atoms with van der Waals surface area (Å²) in [5.74, 6) is 0.0803. The van der Waals surface area contributed by atoms with Crippen LogP contribution in [0.4, 0.5) is 0 Å². The molecule has 1 aromatic rings. The van der Waals surface area contributed by atoms with Crippen LogP contribution in [0, 0.1) is 0 Å². The fourth-order valence-electron chi connectivity index (χ4n) is 2.40. The van der Waals surface area contributed by atoms with Crippen molar-refractivity contribution in [3.63, 3.8) is 0 Å². The number of aliphatic hydroxyl groups excluding tert-OH is 1. The predicted octanol–water partition coefficient (Wildman–Crippen LogP) is 1.77. The Morgan fingerprint density at radius 3 is 2.71 bits per heavy atom. The van der Waals surface area contributed by atoms with Crippen LogP contribution >= 0.6 is 0 Å². The van der Waals surface area contributed by atoms with Crippen LogP contribution in [0.15, 0.2) is 30.3 Å². The smallest absolute Gasteiger partial charge is 0.230 e. The minimum Gasteiger partial charge on any atom is -0.391 e. The summed E-state index contributed by atoms with van der Waals surface area (Å²) in [5.41, 5.74) is 1.07. The molecular formula is C14H19NO2. The van der Waals surface area contributed by atoms with Gasteiger partial charge in [-0.3, -0.25) is 4.79 Å². The summed E-state index contributed by atoms with van der Waals surface area (Å²) >= 11 is 0. The molecule has 1 aliphatic heterocycles. The summed E-state index contributed by atoms with van der Waals surface area (Å²) in [6.45, 7) is 3.20. The monoisotopic (exact) mass is 233 g/mol. The van der Waals surface area contributed by atoms with Gasteiger partial charge in [0.15, 0.2) is 0 Å². The lowest BCUT2D eigenvalue weighted by Gasteiger charge is -2.22. The Morgan fingerprint density at radius 1 is 1.47 bits per heavy atom. The van der Waals surface area contributed by atoms with E-state index in [2.05, 4.69) is 0 Å². The van der Waals surface area contributed by atoms with Crippen molar-refractivity contribution < 1.29 is 9.90 Å². The molecule has 0 spiro atoms. The molecule has 3 heteroatoms. The highest BCUT2D eigenvalue weighted by Gasteiger charge is 2.29. The molecule has 17 heavy (non-hydrogen) atoms. The van der Waals surface area contributed by atoms with Gasteiger partial charge < -0.3 is 10.0 Å². The predicted molar refractivity (Wildman–Crippen MR) is 66.7 cm³/mol. The summed E-state index contributed by atoms with van der Waals surface area (Å²) in [6.07, 6.45) is 1.17. The summed E-state index contributed by atoms with van der Waals surface area (Å²) in [4.78, 5) is 14.1. The van der Waals surface area contributed by atoms with Gasteiger partial charge in [-0.25, -0.2) is 0 Å². The van der Waals surface area contributed by atoms with Gasteiger partial charge in [0, 0.05) is 13.1 Å². The Bertz CT molecular complexity index is 377. The van der Waals surface area contributed by atoms with Gasteiger partial charge >= 0.3 is 0 Å². The van der Waals surface area contributed by atoms with Crippen molar-refractivity contribution in [1.82, 2.24) is 4.90 Å². The molecule has 1 aliphatic rings. The second-order valence-electron chi connectivity index (χ2n) is 4.60. The third-order valence-electron chi connectivity index (χ3n) is 3.38. The maximum absolute atomic E-state index is 12.3. The van der Waals surface area contributed by atoms with Crippen LogP contribution in [0.1, 0.15) is 31.2 Å². The molecule has 0 aromatic heterocycles. The molecule has 0 unspecified atom stereocenters. The number of carbonyl (C=O) groups is 1. The van der Waals surface area contributed by atoms with Crippen LogP contribution < -0.4 is 0 Å². The van der Waals surface area contributed by atoms with E-state index in [1.54, 1.807) is 4.90 Å². The van der Waals surface area contributed by atoms with E-state index in [0.29, 0.717) is 19.5 Å². The first-order valence-electron chi connectivity index (χ1n) is 6.24. The Labute approximate surface area is 102 Å². The SMILES string of the molecule is CC[C@@H](C(=O)N1CC[C@H](O)C1)c1ccccc1. The zero-order valence-electron chi connectivity index (χ0n) is 10.2. The molecule has 0 aliphatic carbocycles. The van der Waals surface area contributed by atoms with Crippen molar-refractivity contribution in [2.45, 2.75) is 31.8 Å². The zero-order valence-corrected chi connectivity index (χ0v) is 10.2. The van der Waals surface area contributed by atoms with Crippen LogP contribution in [0.5, 0.6) is 0 Å². The molecule has 0 radical (unpaired) electrons. The van der Waals surface area contributed by atoms with Crippen molar-refractivity contribution in [3.05, 3.63) is 35.9 Å². The first kappa shape index (κ1) is 12.1. The van der Waals surface area contributed by atoms with E-state index in [1.165, 1.54) is 0 Å². The number of rotatable bonds is 3. The zero-order chi connectivity index (χ0) is 12.3. The fraction of sp³-hybridized carbons (Fsp3) is 0.500. The van der Waals surface area contributed by atoms with Gasteiger partial charge in [0.1, 0.15) is 0 Å². The number of hydrogen-bond acceptors (Lipinski definition) is 2. The molecule has 1 fully saturated rings. The minimum atomic E-state index is -0.341. The number of carbonyl (C=O) groups excluding carboxylic acids is 1. The lowest BCUT2D eigenvalue weighted by molar-refractivity contribution is -0.132. The van der Waals surface area contributed by atoms with E-state index in [1.807, 2.05) is 37.3 Å². The van der Waals surface area contributed by atoms with Crippen LogP contribution in [0.2, 0.25) is 0 Å². The van der Waals surface area contributed by atoms with E-state index in [-0.39, 0.29) is 17.9 Å². The first-order chi connectivity index (χ1) is 8.22. The van der Waals surface area contributed by atoms with Crippen molar-refractivity contribution in [2.24, 2.45) is 0 Å². The van der Waals surface area contributed by atoms with Gasteiger partial charge in [-0.2, -0.15) is 0 Å². The van der Waals surface area contributed by atoms with E-state index in [0.717, 1.165) is 12.0 Å². The van der Waals surface area contributed by atoms with Gasteiger partial charge in [0.05, 0.1) is 12.0 Å². The highest BCUT2D eigenvalue weighted by Crippen LogP contribution is 2.24. The van der Waals surface area contributed by atoms with Crippen LogP contribution in [0.3, 0.4) is 0 Å². The minimum absolute atomic E-state index is 0.0681. The van der Waals surface area contributed by atoms with Gasteiger partial charge in [-0.1, -0.05) is 37.3 Å². The molecule has 1 N–H and O–H groups in total. The summed E-state index contributed by atoms with van der Waals surface area (Å²) in [5, 5.41) is 9.48. The Kier molecular flexibility index (Phi) is 3.79. The average molecular weight is 233 g/mol. The highest BCUT2D eigenvalue weighted by atomic mass is 16.3. The fourth-order valence-corrected chi connectivity index (χ4v) is 2.40. The molecule has 1 aromatic carbocycles. The lowest BCUT2D eigenvalue weighted by atomic mass is 9.95. The molecular weight excluding hydrogens is 214 g/mol. The molecule has 1 amide bonds. The number of hydrogen-bond donors (Lipinski definition) is 1. The standard InChI is InChI=1S/C14H19NO2/c1-2-13(11-6-4-3-5-7-11)14(17)15-9-8-12(16)10-15/h3-7,12-13,16H,2,8-10H2,1H3/t12-,13+/m0/s1. The van der Waals surface area contributed by atoms with E-state index in [4.69, 9.17) is 0 Å². The molecule has 2 rings (SSSR count). The number of β-amino-alcohol motifs (C(OH)–C–C–N with tert-alkyl or cyclic N) is 1. The molecule has 0 bridgehead atoms. The van der Waals surface area contributed by atoms with Crippen LogP contribution in [0.25, 0.3) is 0 Å².